The first-order chi connectivity index (χ1) is 11.7. The van der Waals surface area contributed by atoms with Gasteiger partial charge in [0.05, 0.1) is 19.4 Å². The van der Waals surface area contributed by atoms with Crippen LogP contribution in [0.2, 0.25) is 0 Å². The van der Waals surface area contributed by atoms with Crippen LogP contribution in [0.4, 0.5) is 5.69 Å². The van der Waals surface area contributed by atoms with Gasteiger partial charge >= 0.3 is 11.8 Å². The van der Waals surface area contributed by atoms with E-state index in [0.29, 0.717) is 18.0 Å². The summed E-state index contributed by atoms with van der Waals surface area (Å²) in [5, 5.41) is 9.18. The Labute approximate surface area is 138 Å². The Morgan fingerprint density at radius 2 is 1.92 bits per heavy atom. The molecule has 0 aliphatic heterocycles. The zero-order valence-corrected chi connectivity index (χ0v) is 12.8. The summed E-state index contributed by atoms with van der Waals surface area (Å²) < 4.78 is 6.89. The molecule has 2 aromatic heterocycles. The van der Waals surface area contributed by atoms with Crippen LogP contribution in [0.3, 0.4) is 0 Å². The second kappa shape index (κ2) is 7.28. The highest BCUT2D eigenvalue weighted by Crippen LogP contribution is 2.10. The standard InChI is InChI=1S/C17H16N4O3/c22-16(18-11-15-3-1-10-24-15)17(23)20-14-6-4-13(5-7-14)12-21-9-2-8-19-21/h1-10H,11-12H2,(H,18,22)(H,20,23). The van der Waals surface area contributed by atoms with Gasteiger partial charge in [0.25, 0.3) is 0 Å². The van der Waals surface area contributed by atoms with E-state index in [-0.39, 0.29) is 6.54 Å². The fourth-order valence-corrected chi connectivity index (χ4v) is 2.12. The molecule has 0 aliphatic rings. The monoisotopic (exact) mass is 324 g/mol. The number of anilines is 1. The van der Waals surface area contributed by atoms with Crippen LogP contribution < -0.4 is 10.6 Å². The fraction of sp³-hybridized carbons (Fsp3) is 0.118. The van der Waals surface area contributed by atoms with Gasteiger partial charge in [0, 0.05) is 18.1 Å². The molecule has 3 aromatic rings. The Kier molecular flexibility index (Phi) is 4.71. The lowest BCUT2D eigenvalue weighted by Gasteiger charge is -2.07. The molecule has 24 heavy (non-hydrogen) atoms. The molecule has 0 radical (unpaired) electrons. The first-order valence-electron chi connectivity index (χ1n) is 7.38. The summed E-state index contributed by atoms with van der Waals surface area (Å²) in [7, 11) is 0. The van der Waals surface area contributed by atoms with Crippen molar-refractivity contribution in [1.29, 1.82) is 0 Å². The summed E-state index contributed by atoms with van der Waals surface area (Å²) in [6, 6.07) is 12.5. The second-order valence-electron chi connectivity index (χ2n) is 5.12. The number of hydrogen-bond donors (Lipinski definition) is 2. The van der Waals surface area contributed by atoms with Gasteiger partial charge in [0.1, 0.15) is 5.76 Å². The molecule has 0 aliphatic carbocycles. The van der Waals surface area contributed by atoms with E-state index in [4.69, 9.17) is 4.42 Å². The smallest absolute Gasteiger partial charge is 0.313 e. The number of benzene rings is 1. The minimum Gasteiger partial charge on any atom is -0.467 e. The highest BCUT2D eigenvalue weighted by molar-refractivity contribution is 6.39. The largest absolute Gasteiger partial charge is 0.467 e. The number of nitrogens with one attached hydrogen (secondary N) is 2. The van der Waals surface area contributed by atoms with Crippen molar-refractivity contribution in [3.05, 3.63) is 72.4 Å². The number of hydrogen-bond acceptors (Lipinski definition) is 4. The van der Waals surface area contributed by atoms with Crippen LogP contribution >= 0.6 is 0 Å². The van der Waals surface area contributed by atoms with E-state index < -0.39 is 11.8 Å². The molecule has 7 nitrogen and oxygen atoms in total. The van der Waals surface area contributed by atoms with Crippen molar-refractivity contribution in [2.45, 2.75) is 13.1 Å². The molecule has 0 unspecified atom stereocenters. The third kappa shape index (κ3) is 4.10. The van der Waals surface area contributed by atoms with Crippen LogP contribution in [-0.2, 0) is 22.7 Å². The van der Waals surface area contributed by atoms with Crippen molar-refractivity contribution in [3.63, 3.8) is 0 Å². The van der Waals surface area contributed by atoms with Crippen LogP contribution in [0.15, 0.2) is 65.5 Å². The lowest BCUT2D eigenvalue weighted by molar-refractivity contribution is -0.136. The van der Waals surface area contributed by atoms with Gasteiger partial charge in [0.2, 0.25) is 0 Å². The molecule has 0 saturated heterocycles. The quantitative estimate of drug-likeness (QED) is 0.700. The molecular weight excluding hydrogens is 308 g/mol. The highest BCUT2D eigenvalue weighted by Gasteiger charge is 2.13. The zero-order valence-electron chi connectivity index (χ0n) is 12.8. The molecule has 122 valence electrons. The average molecular weight is 324 g/mol. The number of carbonyl (C=O) groups excluding carboxylic acids is 2. The van der Waals surface area contributed by atoms with E-state index in [0.717, 1.165) is 5.56 Å². The molecule has 0 bridgehead atoms. The molecule has 2 amide bonds. The average Bonchev–Trinajstić information content (AvgIpc) is 3.28. The SMILES string of the molecule is O=C(NCc1ccco1)C(=O)Nc1ccc(Cn2cccn2)cc1. The fourth-order valence-electron chi connectivity index (χ4n) is 2.12. The Hall–Kier alpha value is -3.35. The number of rotatable bonds is 5. The van der Waals surface area contributed by atoms with E-state index in [9.17, 15) is 9.59 Å². The normalized spacial score (nSPS) is 10.3. The van der Waals surface area contributed by atoms with Crippen LogP contribution in [0.1, 0.15) is 11.3 Å². The maximum absolute atomic E-state index is 11.8. The zero-order chi connectivity index (χ0) is 16.8. The van der Waals surface area contributed by atoms with Gasteiger partial charge in [-0.05, 0) is 35.9 Å². The van der Waals surface area contributed by atoms with Gasteiger partial charge in [-0.3, -0.25) is 14.3 Å². The minimum atomic E-state index is -0.721. The van der Waals surface area contributed by atoms with Crippen LogP contribution in [0, 0.1) is 0 Å². The molecule has 0 saturated carbocycles. The summed E-state index contributed by atoms with van der Waals surface area (Å²) in [6.07, 6.45) is 5.10. The van der Waals surface area contributed by atoms with Crippen molar-refractivity contribution >= 4 is 17.5 Å². The first kappa shape index (κ1) is 15.5. The lowest BCUT2D eigenvalue weighted by Crippen LogP contribution is -2.34. The molecule has 0 spiro atoms. The van der Waals surface area contributed by atoms with Gasteiger partial charge < -0.3 is 15.1 Å². The lowest BCUT2D eigenvalue weighted by atomic mass is 10.2. The van der Waals surface area contributed by atoms with Crippen molar-refractivity contribution in [3.8, 4) is 0 Å². The van der Waals surface area contributed by atoms with E-state index in [1.165, 1.54) is 6.26 Å². The number of carbonyl (C=O) groups is 2. The van der Waals surface area contributed by atoms with E-state index in [1.54, 1.807) is 35.1 Å². The Morgan fingerprint density at radius 3 is 2.58 bits per heavy atom. The number of amides is 2. The summed E-state index contributed by atoms with van der Waals surface area (Å²) in [6.45, 7) is 0.812. The predicted octanol–water partition coefficient (Wildman–Crippen LogP) is 1.78. The molecule has 7 heteroatoms. The summed E-state index contributed by atoms with van der Waals surface area (Å²) in [4.78, 5) is 23.6. The summed E-state index contributed by atoms with van der Waals surface area (Å²) >= 11 is 0. The van der Waals surface area contributed by atoms with Gasteiger partial charge in [-0.15, -0.1) is 0 Å². The Bertz CT molecular complexity index is 793. The molecule has 2 heterocycles. The van der Waals surface area contributed by atoms with Gasteiger partial charge in [-0.25, -0.2) is 0 Å². The first-order valence-corrected chi connectivity index (χ1v) is 7.38. The molecule has 0 fully saturated rings. The van der Waals surface area contributed by atoms with Gasteiger partial charge in [-0.2, -0.15) is 5.10 Å². The van der Waals surface area contributed by atoms with Gasteiger partial charge in [-0.1, -0.05) is 12.1 Å². The van der Waals surface area contributed by atoms with E-state index in [2.05, 4.69) is 15.7 Å². The summed E-state index contributed by atoms with van der Waals surface area (Å²) in [5.74, 6) is -0.854. The number of nitrogens with zero attached hydrogens (tertiary/aromatic N) is 2. The number of aromatic nitrogens is 2. The van der Waals surface area contributed by atoms with Crippen LogP contribution in [0.5, 0.6) is 0 Å². The third-order valence-electron chi connectivity index (χ3n) is 3.33. The Balaban J connectivity index is 1.51. The molecule has 0 atom stereocenters. The maximum atomic E-state index is 11.8. The second-order valence-corrected chi connectivity index (χ2v) is 5.12. The van der Waals surface area contributed by atoms with E-state index in [1.807, 2.05) is 24.4 Å². The van der Waals surface area contributed by atoms with Crippen molar-refractivity contribution in [2.24, 2.45) is 0 Å². The van der Waals surface area contributed by atoms with Crippen LogP contribution in [-0.4, -0.2) is 21.6 Å². The minimum absolute atomic E-state index is 0.169. The van der Waals surface area contributed by atoms with Crippen molar-refractivity contribution in [2.75, 3.05) is 5.32 Å². The summed E-state index contributed by atoms with van der Waals surface area (Å²) in [5.41, 5.74) is 1.59. The Morgan fingerprint density at radius 1 is 1.08 bits per heavy atom. The molecule has 1 aromatic carbocycles. The van der Waals surface area contributed by atoms with E-state index >= 15 is 0 Å². The molecule has 3 rings (SSSR count). The maximum Gasteiger partial charge on any atom is 0.313 e. The highest BCUT2D eigenvalue weighted by atomic mass is 16.3. The molecular formula is C17H16N4O3. The molecule has 2 N–H and O–H groups in total. The van der Waals surface area contributed by atoms with Crippen molar-refractivity contribution < 1.29 is 14.0 Å². The van der Waals surface area contributed by atoms with Gasteiger partial charge in [0.15, 0.2) is 0 Å². The topological polar surface area (TPSA) is 89.2 Å². The third-order valence-corrected chi connectivity index (χ3v) is 3.33. The van der Waals surface area contributed by atoms with Crippen LogP contribution in [0.25, 0.3) is 0 Å². The predicted molar refractivity (Wildman–Crippen MR) is 87.0 cm³/mol. The van der Waals surface area contributed by atoms with Crippen molar-refractivity contribution in [1.82, 2.24) is 15.1 Å². The number of furan rings is 1.